The maximum Gasteiger partial charge on any atom is 0.202 e. The van der Waals surface area contributed by atoms with Gasteiger partial charge in [0.2, 0.25) is 5.75 Å². The fourth-order valence-electron chi connectivity index (χ4n) is 1.66. The lowest BCUT2D eigenvalue weighted by atomic mass is 10.1. The minimum absolute atomic E-state index is 0.0357. The van der Waals surface area contributed by atoms with Gasteiger partial charge in [-0.3, -0.25) is 4.79 Å². The summed E-state index contributed by atoms with van der Waals surface area (Å²) in [5.41, 5.74) is -0.0217. The van der Waals surface area contributed by atoms with Crippen molar-refractivity contribution >= 4 is 11.0 Å². The number of aryl methyl sites for hydroxylation is 1. The minimum atomic E-state index is -0.362. The summed E-state index contributed by atoms with van der Waals surface area (Å²) >= 11 is 0. The molecule has 0 bridgehead atoms. The van der Waals surface area contributed by atoms with Gasteiger partial charge in [0.15, 0.2) is 16.8 Å². The lowest BCUT2D eigenvalue weighted by molar-refractivity contribution is 0.366. The molecule has 2 N–H and O–H groups in total. The van der Waals surface area contributed by atoms with Crippen LogP contribution in [-0.4, -0.2) is 17.3 Å². The zero-order valence-corrected chi connectivity index (χ0v) is 9.70. The Morgan fingerprint density at radius 2 is 1.94 bits per heavy atom. The summed E-state index contributed by atoms with van der Waals surface area (Å²) in [4.78, 5) is 11.9. The number of hydrogen-bond acceptors (Lipinski definition) is 5. The normalized spacial score (nSPS) is 10.8. The molecule has 0 spiro atoms. The molecule has 0 aliphatic heterocycles. The Morgan fingerprint density at radius 3 is 2.53 bits per heavy atom. The van der Waals surface area contributed by atoms with Gasteiger partial charge in [0.1, 0.15) is 16.9 Å². The smallest absolute Gasteiger partial charge is 0.202 e. The van der Waals surface area contributed by atoms with Gasteiger partial charge in [-0.2, -0.15) is 0 Å². The van der Waals surface area contributed by atoms with E-state index in [1.165, 1.54) is 13.2 Å². The number of hydrogen-bond donors (Lipinski definition) is 2. The van der Waals surface area contributed by atoms with Crippen LogP contribution >= 0.6 is 0 Å². The van der Waals surface area contributed by atoms with Crippen LogP contribution in [0.15, 0.2) is 15.3 Å². The molecule has 5 nitrogen and oxygen atoms in total. The van der Waals surface area contributed by atoms with Gasteiger partial charge < -0.3 is 19.4 Å². The summed E-state index contributed by atoms with van der Waals surface area (Å²) in [5, 5.41) is 19.6. The summed E-state index contributed by atoms with van der Waals surface area (Å²) in [6, 6.07) is 1.18. The van der Waals surface area contributed by atoms with Crippen molar-refractivity contribution in [3.63, 3.8) is 0 Å². The second kappa shape index (κ2) is 3.69. The van der Waals surface area contributed by atoms with Gasteiger partial charge in [-0.05, 0) is 13.8 Å². The fourth-order valence-corrected chi connectivity index (χ4v) is 1.66. The van der Waals surface area contributed by atoms with E-state index < -0.39 is 0 Å². The van der Waals surface area contributed by atoms with Gasteiger partial charge in [-0.25, -0.2) is 0 Å². The van der Waals surface area contributed by atoms with E-state index in [9.17, 15) is 15.0 Å². The van der Waals surface area contributed by atoms with E-state index in [-0.39, 0.29) is 33.6 Å². The van der Waals surface area contributed by atoms with Crippen LogP contribution in [0.3, 0.4) is 0 Å². The van der Waals surface area contributed by atoms with Crippen molar-refractivity contribution in [1.29, 1.82) is 0 Å². The molecule has 0 saturated carbocycles. The van der Waals surface area contributed by atoms with Crippen LogP contribution in [-0.2, 0) is 0 Å². The summed E-state index contributed by atoms with van der Waals surface area (Å²) in [6.45, 7) is 3.22. The summed E-state index contributed by atoms with van der Waals surface area (Å²) in [5.74, 6) is -0.112. The van der Waals surface area contributed by atoms with Crippen molar-refractivity contribution in [3.05, 3.63) is 27.6 Å². The topological polar surface area (TPSA) is 79.9 Å². The van der Waals surface area contributed by atoms with Crippen molar-refractivity contribution in [1.82, 2.24) is 0 Å². The standard InChI is InChI=1S/C12H12O5/c1-5-6(2)17-12-9(10(5)14)7(13)4-8(16-3)11(12)15/h4,13,15H,1-3H3. The summed E-state index contributed by atoms with van der Waals surface area (Å²) in [6.07, 6.45) is 0. The van der Waals surface area contributed by atoms with Crippen LogP contribution in [0, 0.1) is 13.8 Å². The molecule has 1 aromatic carbocycles. The number of phenolic OH excluding ortho intramolecular Hbond substituents is 2. The monoisotopic (exact) mass is 236 g/mol. The van der Waals surface area contributed by atoms with Crippen LogP contribution in [0.5, 0.6) is 17.2 Å². The molecule has 2 aromatic rings. The first kappa shape index (κ1) is 11.3. The van der Waals surface area contributed by atoms with E-state index >= 15 is 0 Å². The highest BCUT2D eigenvalue weighted by Crippen LogP contribution is 2.39. The average molecular weight is 236 g/mol. The number of fused-ring (bicyclic) bond motifs is 1. The van der Waals surface area contributed by atoms with Gasteiger partial charge >= 0.3 is 0 Å². The van der Waals surface area contributed by atoms with Gasteiger partial charge in [0, 0.05) is 11.6 Å². The van der Waals surface area contributed by atoms with Crippen LogP contribution in [0.2, 0.25) is 0 Å². The molecule has 5 heteroatoms. The Labute approximate surface area is 96.9 Å². The number of methoxy groups -OCH3 is 1. The van der Waals surface area contributed by atoms with Gasteiger partial charge in [-0.15, -0.1) is 0 Å². The highest BCUT2D eigenvalue weighted by atomic mass is 16.5. The maximum atomic E-state index is 11.9. The van der Waals surface area contributed by atoms with Crippen molar-refractivity contribution in [2.24, 2.45) is 0 Å². The maximum absolute atomic E-state index is 11.9. The Hall–Kier alpha value is -2.17. The molecule has 1 heterocycles. The van der Waals surface area contributed by atoms with Gasteiger partial charge in [0.25, 0.3) is 0 Å². The molecule has 90 valence electrons. The zero-order valence-electron chi connectivity index (χ0n) is 9.70. The van der Waals surface area contributed by atoms with Crippen LogP contribution in [0.25, 0.3) is 11.0 Å². The molecule has 1 aromatic heterocycles. The SMILES string of the molecule is COc1cc(O)c2c(=O)c(C)c(C)oc2c1O. The van der Waals surface area contributed by atoms with Crippen molar-refractivity contribution in [3.8, 4) is 17.2 Å². The molecular formula is C12H12O5. The summed E-state index contributed by atoms with van der Waals surface area (Å²) < 4.78 is 10.2. The third kappa shape index (κ3) is 1.51. The van der Waals surface area contributed by atoms with Gasteiger partial charge in [-0.1, -0.05) is 0 Å². The van der Waals surface area contributed by atoms with E-state index in [1.807, 2.05) is 0 Å². The molecule has 2 rings (SSSR count). The molecular weight excluding hydrogens is 224 g/mol. The van der Waals surface area contributed by atoms with Crippen LogP contribution in [0.1, 0.15) is 11.3 Å². The Balaban J connectivity index is 3.06. The first-order valence-electron chi connectivity index (χ1n) is 5.00. The number of phenols is 2. The van der Waals surface area contributed by atoms with Crippen LogP contribution < -0.4 is 10.2 Å². The molecule has 0 radical (unpaired) electrons. The van der Waals surface area contributed by atoms with E-state index in [1.54, 1.807) is 13.8 Å². The van der Waals surface area contributed by atoms with Crippen molar-refractivity contribution < 1.29 is 19.4 Å². The predicted octanol–water partition coefficient (Wildman–Crippen LogP) is 1.83. The summed E-state index contributed by atoms with van der Waals surface area (Å²) in [7, 11) is 1.35. The zero-order chi connectivity index (χ0) is 12.7. The second-order valence-corrected chi connectivity index (χ2v) is 3.76. The quantitative estimate of drug-likeness (QED) is 0.738. The van der Waals surface area contributed by atoms with Crippen LogP contribution in [0.4, 0.5) is 0 Å². The molecule has 0 unspecified atom stereocenters. The minimum Gasteiger partial charge on any atom is -0.507 e. The average Bonchev–Trinajstić information content (AvgIpc) is 2.30. The van der Waals surface area contributed by atoms with Gasteiger partial charge in [0.05, 0.1) is 7.11 Å². The highest BCUT2D eigenvalue weighted by Gasteiger charge is 2.18. The lowest BCUT2D eigenvalue weighted by Gasteiger charge is -2.09. The molecule has 0 amide bonds. The van der Waals surface area contributed by atoms with E-state index in [0.29, 0.717) is 11.3 Å². The Bertz CT molecular complexity index is 654. The molecule has 0 fully saturated rings. The third-order valence-corrected chi connectivity index (χ3v) is 2.77. The third-order valence-electron chi connectivity index (χ3n) is 2.77. The Kier molecular flexibility index (Phi) is 2.46. The number of benzene rings is 1. The first-order valence-corrected chi connectivity index (χ1v) is 5.00. The first-order chi connectivity index (χ1) is 7.97. The number of aromatic hydroxyl groups is 2. The second-order valence-electron chi connectivity index (χ2n) is 3.76. The molecule has 0 saturated heterocycles. The molecule has 0 aliphatic rings. The fraction of sp³-hybridized carbons (Fsp3) is 0.250. The molecule has 0 aliphatic carbocycles. The Morgan fingerprint density at radius 1 is 1.29 bits per heavy atom. The number of ether oxygens (including phenoxy) is 1. The number of rotatable bonds is 1. The van der Waals surface area contributed by atoms with E-state index in [4.69, 9.17) is 9.15 Å². The van der Waals surface area contributed by atoms with Crippen molar-refractivity contribution in [2.75, 3.05) is 7.11 Å². The van der Waals surface area contributed by atoms with Crippen molar-refractivity contribution in [2.45, 2.75) is 13.8 Å². The lowest BCUT2D eigenvalue weighted by Crippen LogP contribution is -2.07. The van der Waals surface area contributed by atoms with E-state index in [2.05, 4.69) is 0 Å². The molecule has 17 heavy (non-hydrogen) atoms. The largest absolute Gasteiger partial charge is 0.507 e. The van der Waals surface area contributed by atoms with E-state index in [0.717, 1.165) is 0 Å². The predicted molar refractivity (Wildman–Crippen MR) is 61.8 cm³/mol. The molecule has 0 atom stereocenters. The highest BCUT2D eigenvalue weighted by molar-refractivity contribution is 5.90.